The molecule has 1 atom stereocenters. The smallest absolute Gasteiger partial charge is 0.255 e. The van der Waals surface area contributed by atoms with Crippen LogP contribution in [0.5, 0.6) is 0 Å². The van der Waals surface area contributed by atoms with Crippen LogP contribution in [0, 0.1) is 0 Å². The van der Waals surface area contributed by atoms with Gasteiger partial charge in [-0.05, 0) is 47.0 Å². The lowest BCUT2D eigenvalue weighted by molar-refractivity contribution is 0.0677. The summed E-state index contributed by atoms with van der Waals surface area (Å²) < 4.78 is 0.736. The number of aliphatic hydroxyl groups is 1. The molecule has 0 radical (unpaired) electrons. The first kappa shape index (κ1) is 12.4. The summed E-state index contributed by atoms with van der Waals surface area (Å²) >= 11 is 3.35. The van der Waals surface area contributed by atoms with Crippen molar-refractivity contribution in [3.63, 3.8) is 0 Å². The van der Waals surface area contributed by atoms with Crippen molar-refractivity contribution in [1.82, 2.24) is 4.90 Å². The lowest BCUT2D eigenvalue weighted by Gasteiger charge is -2.23. The molecule has 1 fully saturated rings. The summed E-state index contributed by atoms with van der Waals surface area (Å²) in [5.41, 5.74) is 6.82. The fourth-order valence-electron chi connectivity index (χ4n) is 2.15. The highest BCUT2D eigenvalue weighted by Gasteiger charge is 2.29. The molecule has 0 spiro atoms. The zero-order valence-corrected chi connectivity index (χ0v) is 11.0. The summed E-state index contributed by atoms with van der Waals surface area (Å²) in [6.07, 6.45) is 1.80. The van der Waals surface area contributed by atoms with E-state index in [0.29, 0.717) is 17.8 Å². The Bertz CT molecular complexity index is 437. The van der Waals surface area contributed by atoms with Crippen LogP contribution >= 0.6 is 15.9 Å². The number of halogens is 1. The Hall–Kier alpha value is -1.07. The average Bonchev–Trinajstić information content (AvgIpc) is 2.79. The van der Waals surface area contributed by atoms with E-state index in [1.54, 1.807) is 23.1 Å². The molecule has 92 valence electrons. The molecular formula is C12H15BrN2O2. The Morgan fingerprint density at radius 2 is 2.35 bits per heavy atom. The molecule has 0 bridgehead atoms. The van der Waals surface area contributed by atoms with Crippen molar-refractivity contribution in [2.45, 2.75) is 18.9 Å². The van der Waals surface area contributed by atoms with E-state index in [-0.39, 0.29) is 18.6 Å². The van der Waals surface area contributed by atoms with Crippen molar-refractivity contribution in [1.29, 1.82) is 0 Å². The fourth-order valence-corrected chi connectivity index (χ4v) is 2.57. The predicted molar refractivity (Wildman–Crippen MR) is 69.7 cm³/mol. The molecule has 1 aromatic carbocycles. The third-order valence-corrected chi connectivity index (χ3v) is 3.76. The summed E-state index contributed by atoms with van der Waals surface area (Å²) in [7, 11) is 0. The van der Waals surface area contributed by atoms with E-state index in [4.69, 9.17) is 5.73 Å². The molecule has 1 aromatic rings. The lowest BCUT2D eigenvalue weighted by Crippen LogP contribution is -2.37. The van der Waals surface area contributed by atoms with E-state index in [9.17, 15) is 9.90 Å². The van der Waals surface area contributed by atoms with Crippen LogP contribution in [0.4, 0.5) is 5.69 Å². The Morgan fingerprint density at radius 3 is 3.06 bits per heavy atom. The van der Waals surface area contributed by atoms with Crippen LogP contribution < -0.4 is 5.73 Å². The zero-order valence-electron chi connectivity index (χ0n) is 9.40. The Labute approximate surface area is 109 Å². The SMILES string of the molecule is Nc1ccc(Br)c(C(=O)N2CCCC2CO)c1. The molecule has 1 unspecified atom stereocenters. The number of nitrogen functional groups attached to an aromatic ring is 1. The average molecular weight is 299 g/mol. The quantitative estimate of drug-likeness (QED) is 0.816. The Balaban J connectivity index is 2.27. The maximum Gasteiger partial charge on any atom is 0.255 e. The number of nitrogens with zero attached hydrogens (tertiary/aromatic N) is 1. The first-order chi connectivity index (χ1) is 8.13. The number of hydrogen-bond donors (Lipinski definition) is 2. The highest BCUT2D eigenvalue weighted by Crippen LogP contribution is 2.25. The first-order valence-electron chi connectivity index (χ1n) is 5.60. The van der Waals surface area contributed by atoms with Gasteiger partial charge in [0, 0.05) is 16.7 Å². The Kier molecular flexibility index (Phi) is 3.69. The standard InChI is InChI=1S/C12H15BrN2O2/c13-11-4-3-8(14)6-10(11)12(17)15-5-1-2-9(15)7-16/h3-4,6,9,16H,1-2,5,7,14H2. The van der Waals surface area contributed by atoms with E-state index < -0.39 is 0 Å². The van der Waals surface area contributed by atoms with Crippen LogP contribution in [0.2, 0.25) is 0 Å². The number of carbonyl (C=O) groups excluding carboxylic acids is 1. The molecule has 1 amide bonds. The molecule has 0 saturated carbocycles. The molecular weight excluding hydrogens is 284 g/mol. The molecule has 17 heavy (non-hydrogen) atoms. The number of anilines is 1. The van der Waals surface area contributed by atoms with Crippen LogP contribution in [0.15, 0.2) is 22.7 Å². The zero-order chi connectivity index (χ0) is 12.4. The van der Waals surface area contributed by atoms with Gasteiger partial charge in [-0.3, -0.25) is 4.79 Å². The van der Waals surface area contributed by atoms with Crippen molar-refractivity contribution in [2.75, 3.05) is 18.9 Å². The molecule has 0 aromatic heterocycles. The van der Waals surface area contributed by atoms with Crippen molar-refractivity contribution in [3.05, 3.63) is 28.2 Å². The second-order valence-electron chi connectivity index (χ2n) is 4.22. The number of hydrogen-bond acceptors (Lipinski definition) is 3. The minimum atomic E-state index is -0.0688. The number of nitrogens with two attached hydrogens (primary N) is 1. The second kappa shape index (κ2) is 5.06. The van der Waals surface area contributed by atoms with Crippen molar-refractivity contribution in [3.8, 4) is 0 Å². The van der Waals surface area contributed by atoms with Crippen molar-refractivity contribution < 1.29 is 9.90 Å². The highest BCUT2D eigenvalue weighted by atomic mass is 79.9. The van der Waals surface area contributed by atoms with Gasteiger partial charge in [-0.2, -0.15) is 0 Å². The van der Waals surface area contributed by atoms with Gasteiger partial charge < -0.3 is 15.7 Å². The minimum absolute atomic E-state index is 0.0195. The molecule has 1 aliphatic rings. The van der Waals surface area contributed by atoms with Crippen LogP contribution in [0.25, 0.3) is 0 Å². The third-order valence-electron chi connectivity index (χ3n) is 3.07. The second-order valence-corrected chi connectivity index (χ2v) is 5.07. The summed E-state index contributed by atoms with van der Waals surface area (Å²) in [5, 5.41) is 9.23. The maximum absolute atomic E-state index is 12.3. The predicted octanol–water partition coefficient (Wildman–Crippen LogP) is 1.63. The van der Waals surface area contributed by atoms with E-state index in [1.807, 2.05) is 0 Å². The number of likely N-dealkylation sites (tertiary alicyclic amines) is 1. The fraction of sp³-hybridized carbons (Fsp3) is 0.417. The van der Waals surface area contributed by atoms with Crippen molar-refractivity contribution >= 4 is 27.5 Å². The summed E-state index contributed by atoms with van der Waals surface area (Å²) in [5.74, 6) is -0.0688. The van der Waals surface area contributed by atoms with E-state index >= 15 is 0 Å². The van der Waals surface area contributed by atoms with Gasteiger partial charge in [0.1, 0.15) is 0 Å². The molecule has 2 rings (SSSR count). The molecule has 3 N–H and O–H groups in total. The first-order valence-corrected chi connectivity index (χ1v) is 6.39. The molecule has 4 nitrogen and oxygen atoms in total. The van der Waals surface area contributed by atoms with Crippen LogP contribution in [-0.2, 0) is 0 Å². The van der Waals surface area contributed by atoms with E-state index in [0.717, 1.165) is 17.3 Å². The molecule has 5 heteroatoms. The van der Waals surface area contributed by atoms with Gasteiger partial charge in [-0.25, -0.2) is 0 Å². The number of benzene rings is 1. The molecule has 1 heterocycles. The van der Waals surface area contributed by atoms with Crippen molar-refractivity contribution in [2.24, 2.45) is 0 Å². The van der Waals surface area contributed by atoms with Gasteiger partial charge in [0.2, 0.25) is 0 Å². The summed E-state index contributed by atoms with van der Waals surface area (Å²) in [6, 6.07) is 5.12. The number of rotatable bonds is 2. The van der Waals surface area contributed by atoms with E-state index in [1.165, 1.54) is 0 Å². The van der Waals surface area contributed by atoms with Gasteiger partial charge >= 0.3 is 0 Å². The molecule has 0 aliphatic carbocycles. The normalized spacial score (nSPS) is 19.6. The maximum atomic E-state index is 12.3. The van der Waals surface area contributed by atoms with Gasteiger partial charge in [0.25, 0.3) is 5.91 Å². The van der Waals surface area contributed by atoms with Gasteiger partial charge in [-0.1, -0.05) is 0 Å². The van der Waals surface area contributed by atoms with E-state index in [2.05, 4.69) is 15.9 Å². The number of amides is 1. The minimum Gasteiger partial charge on any atom is -0.399 e. The highest BCUT2D eigenvalue weighted by molar-refractivity contribution is 9.10. The van der Waals surface area contributed by atoms with Crippen LogP contribution in [-0.4, -0.2) is 35.1 Å². The third kappa shape index (κ3) is 2.45. The van der Waals surface area contributed by atoms with Gasteiger partial charge in [0.05, 0.1) is 18.2 Å². The summed E-state index contributed by atoms with van der Waals surface area (Å²) in [4.78, 5) is 14.0. The van der Waals surface area contributed by atoms with Crippen LogP contribution in [0.1, 0.15) is 23.2 Å². The lowest BCUT2D eigenvalue weighted by atomic mass is 10.1. The van der Waals surface area contributed by atoms with Gasteiger partial charge in [0.15, 0.2) is 0 Å². The molecule has 1 aliphatic heterocycles. The molecule has 1 saturated heterocycles. The van der Waals surface area contributed by atoms with Gasteiger partial charge in [-0.15, -0.1) is 0 Å². The van der Waals surface area contributed by atoms with Crippen LogP contribution in [0.3, 0.4) is 0 Å². The largest absolute Gasteiger partial charge is 0.399 e. The number of carbonyl (C=O) groups is 1. The Morgan fingerprint density at radius 1 is 1.59 bits per heavy atom. The topological polar surface area (TPSA) is 66.6 Å². The monoisotopic (exact) mass is 298 g/mol. The summed E-state index contributed by atoms with van der Waals surface area (Å²) in [6.45, 7) is 0.719. The number of aliphatic hydroxyl groups excluding tert-OH is 1.